The number of piperidine rings is 1. The highest BCUT2D eigenvalue weighted by Crippen LogP contribution is 2.28. The van der Waals surface area contributed by atoms with Crippen LogP contribution in [0.15, 0.2) is 47.4 Å². The Bertz CT molecular complexity index is 965. The highest BCUT2D eigenvalue weighted by Gasteiger charge is 2.28. The number of aliphatic hydroxyl groups excluding tert-OH is 1. The number of nitrogens with one attached hydrogen (secondary N) is 2. The zero-order valence-corrected chi connectivity index (χ0v) is 15.4. The van der Waals surface area contributed by atoms with Crippen molar-refractivity contribution in [1.82, 2.24) is 19.4 Å². The maximum atomic E-state index is 12.5. The first-order chi connectivity index (χ1) is 13.2. The van der Waals surface area contributed by atoms with Crippen LogP contribution in [-0.2, 0) is 7.05 Å². The molecule has 1 aliphatic heterocycles. The number of hydrogen-bond acceptors (Lipinski definition) is 5. The molecule has 27 heavy (non-hydrogen) atoms. The molecule has 3 heterocycles. The summed E-state index contributed by atoms with van der Waals surface area (Å²) in [6.45, 7) is 2.52. The normalized spacial score (nSPS) is 20.8. The van der Waals surface area contributed by atoms with Gasteiger partial charge in [-0.3, -0.25) is 14.3 Å². The smallest absolute Gasteiger partial charge is 0.278 e. The summed E-state index contributed by atoms with van der Waals surface area (Å²) in [7, 11) is 1.74. The molecule has 3 N–H and O–H groups in total. The molecule has 0 aliphatic carbocycles. The lowest BCUT2D eigenvalue weighted by Crippen LogP contribution is -2.47. The molecule has 0 amide bonds. The van der Waals surface area contributed by atoms with Gasteiger partial charge in [0.05, 0.1) is 12.1 Å². The molecule has 2 atom stereocenters. The minimum absolute atomic E-state index is 0.0878. The molecule has 0 unspecified atom stereocenters. The first-order valence-electron chi connectivity index (χ1n) is 9.34. The van der Waals surface area contributed by atoms with Gasteiger partial charge >= 0.3 is 0 Å². The summed E-state index contributed by atoms with van der Waals surface area (Å²) in [6.07, 6.45) is 2.69. The van der Waals surface area contributed by atoms with Gasteiger partial charge in [0.15, 0.2) is 0 Å². The Morgan fingerprint density at radius 2 is 2.07 bits per heavy atom. The predicted molar refractivity (Wildman–Crippen MR) is 106 cm³/mol. The molecule has 3 aromatic rings. The second-order valence-corrected chi connectivity index (χ2v) is 7.21. The van der Waals surface area contributed by atoms with Crippen molar-refractivity contribution in [1.29, 1.82) is 0 Å². The van der Waals surface area contributed by atoms with E-state index in [1.54, 1.807) is 17.8 Å². The van der Waals surface area contributed by atoms with Crippen LogP contribution < -0.4 is 10.9 Å². The SMILES string of the molecule is Cn1c(N[C@@H]2C[C@H](c3ccccc3)CN(CCO)C2)nc2cc[nH]c2c1=O. The largest absolute Gasteiger partial charge is 0.395 e. The number of benzene rings is 1. The number of rotatable bonds is 5. The van der Waals surface area contributed by atoms with Crippen molar-refractivity contribution in [3.05, 3.63) is 58.5 Å². The van der Waals surface area contributed by atoms with Crippen molar-refractivity contribution in [2.45, 2.75) is 18.4 Å². The average molecular weight is 367 g/mol. The highest BCUT2D eigenvalue weighted by molar-refractivity contribution is 5.75. The molecule has 0 radical (unpaired) electrons. The third-order valence-corrected chi connectivity index (χ3v) is 5.33. The number of aliphatic hydroxyl groups is 1. The van der Waals surface area contributed by atoms with Crippen LogP contribution in [0.3, 0.4) is 0 Å². The van der Waals surface area contributed by atoms with Crippen molar-refractivity contribution >= 4 is 17.0 Å². The van der Waals surface area contributed by atoms with Gasteiger partial charge in [-0.1, -0.05) is 30.3 Å². The van der Waals surface area contributed by atoms with E-state index in [9.17, 15) is 9.90 Å². The number of hydrogen-bond donors (Lipinski definition) is 3. The molecule has 0 saturated carbocycles. The van der Waals surface area contributed by atoms with E-state index in [1.807, 2.05) is 12.1 Å². The van der Waals surface area contributed by atoms with Crippen LogP contribution in [0.25, 0.3) is 11.0 Å². The maximum absolute atomic E-state index is 12.5. The summed E-state index contributed by atoms with van der Waals surface area (Å²) < 4.78 is 1.56. The van der Waals surface area contributed by atoms with Crippen molar-refractivity contribution < 1.29 is 5.11 Å². The third-order valence-electron chi connectivity index (χ3n) is 5.33. The molecule has 0 spiro atoms. The van der Waals surface area contributed by atoms with Crippen LogP contribution in [0.4, 0.5) is 5.95 Å². The quantitative estimate of drug-likeness (QED) is 0.637. The van der Waals surface area contributed by atoms with E-state index in [-0.39, 0.29) is 18.2 Å². The summed E-state index contributed by atoms with van der Waals surface area (Å²) in [5, 5.41) is 12.9. The van der Waals surface area contributed by atoms with Crippen LogP contribution in [0.1, 0.15) is 17.9 Å². The van der Waals surface area contributed by atoms with Gasteiger partial charge in [0.1, 0.15) is 5.52 Å². The predicted octanol–water partition coefficient (Wildman–Crippen LogP) is 1.52. The highest BCUT2D eigenvalue weighted by atomic mass is 16.3. The molecule has 1 saturated heterocycles. The number of aromatic amines is 1. The zero-order chi connectivity index (χ0) is 18.8. The monoisotopic (exact) mass is 367 g/mol. The van der Waals surface area contributed by atoms with E-state index in [0.29, 0.717) is 29.4 Å². The summed E-state index contributed by atoms with van der Waals surface area (Å²) in [5.41, 5.74) is 2.41. The number of likely N-dealkylation sites (tertiary alicyclic amines) is 1. The van der Waals surface area contributed by atoms with E-state index in [0.717, 1.165) is 19.5 Å². The molecule has 4 rings (SSSR count). The summed E-state index contributed by atoms with van der Waals surface area (Å²) in [6, 6.07) is 12.4. The lowest BCUT2D eigenvalue weighted by molar-refractivity contribution is 0.153. The topological polar surface area (TPSA) is 86.2 Å². The number of anilines is 1. The summed E-state index contributed by atoms with van der Waals surface area (Å²) in [5.74, 6) is 0.951. The Labute approximate surface area is 157 Å². The fourth-order valence-corrected chi connectivity index (χ4v) is 3.98. The number of nitrogens with zero attached hydrogens (tertiary/aromatic N) is 3. The van der Waals surface area contributed by atoms with Crippen LogP contribution in [0.2, 0.25) is 0 Å². The van der Waals surface area contributed by atoms with Gasteiger partial charge < -0.3 is 15.4 Å². The number of fused-ring (bicyclic) bond motifs is 1. The molecule has 0 bridgehead atoms. The molecular weight excluding hydrogens is 342 g/mol. The number of aromatic nitrogens is 3. The van der Waals surface area contributed by atoms with E-state index in [1.165, 1.54) is 5.56 Å². The van der Waals surface area contributed by atoms with Gasteiger partial charge in [0.2, 0.25) is 5.95 Å². The van der Waals surface area contributed by atoms with Gasteiger partial charge in [-0.15, -0.1) is 0 Å². The first kappa shape index (κ1) is 17.8. The second kappa shape index (κ2) is 7.54. The number of H-pyrrole nitrogens is 1. The summed E-state index contributed by atoms with van der Waals surface area (Å²) in [4.78, 5) is 22.3. The van der Waals surface area contributed by atoms with Gasteiger partial charge in [-0.05, 0) is 24.0 Å². The Balaban J connectivity index is 1.60. The molecule has 1 aliphatic rings. The Hall–Kier alpha value is -2.64. The molecule has 2 aromatic heterocycles. The number of β-amino-alcohol motifs (C(OH)–C–C–N with tert-alkyl or cyclic N) is 1. The first-order valence-corrected chi connectivity index (χ1v) is 9.34. The molecule has 142 valence electrons. The third kappa shape index (κ3) is 3.61. The van der Waals surface area contributed by atoms with E-state index >= 15 is 0 Å². The maximum Gasteiger partial charge on any atom is 0.278 e. The molecule has 7 nitrogen and oxygen atoms in total. The second-order valence-electron chi connectivity index (χ2n) is 7.21. The lowest BCUT2D eigenvalue weighted by Gasteiger charge is -2.38. The minimum atomic E-state index is -0.0878. The van der Waals surface area contributed by atoms with E-state index in [2.05, 4.69) is 44.5 Å². The average Bonchev–Trinajstić information content (AvgIpc) is 3.15. The van der Waals surface area contributed by atoms with E-state index < -0.39 is 0 Å². The molecule has 1 fully saturated rings. The fraction of sp³-hybridized carbons (Fsp3) is 0.400. The Kier molecular flexibility index (Phi) is 4.96. The van der Waals surface area contributed by atoms with Gasteiger partial charge in [-0.25, -0.2) is 4.98 Å². The molecular formula is C20H25N5O2. The lowest BCUT2D eigenvalue weighted by atomic mass is 9.88. The van der Waals surface area contributed by atoms with E-state index in [4.69, 9.17) is 0 Å². The van der Waals surface area contributed by atoms with Crippen molar-refractivity contribution in [3.8, 4) is 0 Å². The van der Waals surface area contributed by atoms with Crippen molar-refractivity contribution in [2.75, 3.05) is 31.6 Å². The van der Waals surface area contributed by atoms with Crippen molar-refractivity contribution in [3.63, 3.8) is 0 Å². The van der Waals surface area contributed by atoms with Crippen LogP contribution in [-0.4, -0.2) is 56.8 Å². The molecule has 1 aromatic carbocycles. The van der Waals surface area contributed by atoms with Gasteiger partial charge in [-0.2, -0.15) is 0 Å². The van der Waals surface area contributed by atoms with Crippen LogP contribution in [0.5, 0.6) is 0 Å². The summed E-state index contributed by atoms with van der Waals surface area (Å²) >= 11 is 0. The Morgan fingerprint density at radius 1 is 1.26 bits per heavy atom. The Morgan fingerprint density at radius 3 is 2.85 bits per heavy atom. The van der Waals surface area contributed by atoms with Crippen molar-refractivity contribution in [2.24, 2.45) is 7.05 Å². The van der Waals surface area contributed by atoms with Crippen LogP contribution >= 0.6 is 0 Å². The van der Waals surface area contributed by atoms with Gasteiger partial charge in [0.25, 0.3) is 5.56 Å². The van der Waals surface area contributed by atoms with Gasteiger partial charge in [0, 0.05) is 38.9 Å². The minimum Gasteiger partial charge on any atom is -0.395 e. The van der Waals surface area contributed by atoms with Crippen LogP contribution in [0, 0.1) is 0 Å². The fourth-order valence-electron chi connectivity index (χ4n) is 3.98. The molecule has 7 heteroatoms. The standard InChI is InChI=1S/C20H25N5O2/c1-24-19(27)18-17(7-8-21-18)23-20(24)22-16-11-15(12-25(13-16)9-10-26)14-5-3-2-4-6-14/h2-8,15-16,21,26H,9-13H2,1H3,(H,22,23)/t15-,16+/m0/s1. The zero-order valence-electron chi connectivity index (χ0n) is 15.4.